The fourth-order valence-corrected chi connectivity index (χ4v) is 2.30. The Hall–Kier alpha value is 0.0200. The maximum atomic E-state index is 5.65. The maximum Gasteiger partial charge on any atom is 0.268 e. The van der Waals surface area contributed by atoms with Crippen molar-refractivity contribution < 1.29 is 8.83 Å². The molecule has 0 atom stereocenters. The Morgan fingerprint density at radius 1 is 0.583 bits per heavy atom. The van der Waals surface area contributed by atoms with E-state index in [1.807, 2.05) is 0 Å². The first-order valence-electron chi connectivity index (χ1n) is 6.95. The summed E-state index contributed by atoms with van der Waals surface area (Å²) in [5, 5.41) is 15.0. The summed E-state index contributed by atoms with van der Waals surface area (Å²) < 4.78 is 7.15. The predicted octanol–water partition coefficient (Wildman–Crippen LogP) is 5.45. The summed E-state index contributed by atoms with van der Waals surface area (Å²) in [6, 6.07) is 0. The van der Waals surface area contributed by atoms with Gasteiger partial charge in [-0.15, -0.1) is 20.4 Å². The molecule has 0 saturated carbocycles. The van der Waals surface area contributed by atoms with E-state index in [9.17, 15) is 0 Å². The number of hydrogen-bond acceptors (Lipinski definition) is 6. The van der Waals surface area contributed by atoms with Gasteiger partial charge >= 0.3 is 0 Å². The van der Waals surface area contributed by atoms with Gasteiger partial charge in [0, 0.05) is 12.8 Å². The number of rotatable bonds is 7. The zero-order chi connectivity index (χ0) is 17.8. The van der Waals surface area contributed by atoms with Crippen molar-refractivity contribution in [1.29, 1.82) is 0 Å². The maximum absolute atomic E-state index is 5.65. The van der Waals surface area contributed by atoms with Crippen molar-refractivity contribution in [2.75, 3.05) is 0 Å². The molecule has 0 bridgehead atoms. The molecule has 24 heavy (non-hydrogen) atoms. The second kappa shape index (κ2) is 8.60. The van der Waals surface area contributed by atoms with E-state index in [0.717, 1.165) is 25.7 Å². The first-order valence-corrected chi connectivity index (χ1v) is 9.22. The third-order valence-electron chi connectivity index (χ3n) is 2.95. The number of alkyl halides is 6. The largest absolute Gasteiger partial charge is 0.421 e. The van der Waals surface area contributed by atoms with Gasteiger partial charge in [-0.1, -0.05) is 82.4 Å². The van der Waals surface area contributed by atoms with Gasteiger partial charge in [-0.3, -0.25) is 0 Å². The van der Waals surface area contributed by atoms with E-state index in [1.54, 1.807) is 0 Å². The molecule has 12 heteroatoms. The van der Waals surface area contributed by atoms with E-state index in [-0.39, 0.29) is 11.8 Å². The molecule has 0 unspecified atom stereocenters. The summed E-state index contributed by atoms with van der Waals surface area (Å²) in [6.45, 7) is 0. The van der Waals surface area contributed by atoms with Crippen molar-refractivity contribution in [3.63, 3.8) is 0 Å². The molecular weight excluding hydrogens is 445 g/mol. The fraction of sp³-hybridized carbons (Fsp3) is 0.667. The molecule has 0 amide bonds. The minimum atomic E-state index is -1.69. The summed E-state index contributed by atoms with van der Waals surface area (Å²) >= 11 is 33.9. The van der Waals surface area contributed by atoms with E-state index in [4.69, 9.17) is 78.4 Å². The molecule has 0 saturated heterocycles. The van der Waals surface area contributed by atoms with Gasteiger partial charge in [-0.25, -0.2) is 0 Å². The topological polar surface area (TPSA) is 77.8 Å². The van der Waals surface area contributed by atoms with E-state index in [1.165, 1.54) is 0 Å². The quantitative estimate of drug-likeness (QED) is 0.407. The van der Waals surface area contributed by atoms with Crippen LogP contribution < -0.4 is 0 Å². The van der Waals surface area contributed by atoms with Crippen molar-refractivity contribution in [2.24, 2.45) is 0 Å². The average Bonchev–Trinajstić information content (AvgIpc) is 3.10. The molecule has 0 aliphatic rings. The van der Waals surface area contributed by atoms with Crippen molar-refractivity contribution in [1.82, 2.24) is 20.4 Å². The number of halogens is 6. The Balaban J connectivity index is 1.63. The Labute approximate surface area is 168 Å². The molecule has 0 radical (unpaired) electrons. The van der Waals surface area contributed by atoms with Gasteiger partial charge in [-0.2, -0.15) is 0 Å². The number of hydrogen-bond donors (Lipinski definition) is 0. The highest BCUT2D eigenvalue weighted by Crippen LogP contribution is 2.37. The number of aryl methyl sites for hydroxylation is 2. The molecule has 0 fully saturated rings. The summed E-state index contributed by atoms with van der Waals surface area (Å²) in [4.78, 5) is 0. The fourth-order valence-electron chi connectivity index (χ4n) is 1.84. The van der Waals surface area contributed by atoms with E-state index in [2.05, 4.69) is 20.4 Å². The number of unbranched alkanes of at least 4 members (excludes halogenated alkanes) is 3. The Morgan fingerprint density at radius 2 is 0.958 bits per heavy atom. The van der Waals surface area contributed by atoms with Crippen LogP contribution in [0.1, 0.15) is 49.2 Å². The average molecular weight is 457 g/mol. The van der Waals surface area contributed by atoms with Crippen molar-refractivity contribution >= 4 is 69.6 Å². The third kappa shape index (κ3) is 6.39. The summed E-state index contributed by atoms with van der Waals surface area (Å²) in [5.41, 5.74) is 0. The van der Waals surface area contributed by atoms with E-state index >= 15 is 0 Å². The second-order valence-electron chi connectivity index (χ2n) is 4.91. The molecule has 0 aliphatic heterocycles. The highest BCUT2D eigenvalue weighted by Gasteiger charge is 2.30. The van der Waals surface area contributed by atoms with Crippen molar-refractivity contribution in [3.8, 4) is 0 Å². The molecule has 0 N–H and O–H groups in total. The van der Waals surface area contributed by atoms with Gasteiger partial charge < -0.3 is 8.83 Å². The summed E-state index contributed by atoms with van der Waals surface area (Å²) in [6.07, 6.45) is 4.88. The summed E-state index contributed by atoms with van der Waals surface area (Å²) in [7, 11) is 0. The zero-order valence-corrected chi connectivity index (χ0v) is 16.7. The lowest BCUT2D eigenvalue weighted by Crippen LogP contribution is -1.99. The van der Waals surface area contributed by atoms with Crippen LogP contribution >= 0.6 is 69.6 Å². The molecule has 134 valence electrons. The molecule has 2 rings (SSSR count). The van der Waals surface area contributed by atoms with Crippen LogP contribution in [0.15, 0.2) is 8.83 Å². The number of nitrogens with zero attached hydrogens (tertiary/aromatic N) is 4. The first-order chi connectivity index (χ1) is 11.2. The molecule has 6 nitrogen and oxygen atoms in total. The SMILES string of the molecule is ClC(Cl)(Cl)c1nnc(CCCCCCc2nnc(C(Cl)(Cl)Cl)o2)o1. The Kier molecular flexibility index (Phi) is 7.29. The monoisotopic (exact) mass is 454 g/mol. The van der Waals surface area contributed by atoms with Crippen molar-refractivity contribution in [2.45, 2.75) is 46.1 Å². The molecular formula is C12H12Cl6N4O2. The van der Waals surface area contributed by atoms with E-state index in [0.29, 0.717) is 24.6 Å². The van der Waals surface area contributed by atoms with Gasteiger partial charge in [0.1, 0.15) is 0 Å². The summed E-state index contributed by atoms with van der Waals surface area (Å²) in [5.74, 6) is 0.841. The van der Waals surface area contributed by atoms with Crippen LogP contribution in [0.5, 0.6) is 0 Å². The van der Waals surface area contributed by atoms with Crippen LogP contribution in [0.3, 0.4) is 0 Å². The van der Waals surface area contributed by atoms with Crippen LogP contribution in [0, 0.1) is 0 Å². The molecule has 2 aromatic heterocycles. The van der Waals surface area contributed by atoms with Gasteiger partial charge in [-0.05, 0) is 12.8 Å². The lowest BCUT2D eigenvalue weighted by molar-refractivity contribution is 0.435. The molecule has 2 aromatic rings. The molecule has 2 heterocycles. The van der Waals surface area contributed by atoms with Gasteiger partial charge in [0.05, 0.1) is 0 Å². The van der Waals surface area contributed by atoms with Crippen LogP contribution in [0.25, 0.3) is 0 Å². The highest BCUT2D eigenvalue weighted by atomic mass is 35.6. The Morgan fingerprint density at radius 3 is 1.25 bits per heavy atom. The molecule has 0 aromatic carbocycles. The minimum absolute atomic E-state index is 0.0244. The standard InChI is InChI=1S/C12H12Cl6N4O2/c13-11(14,15)9-21-19-7(23-9)5-3-1-2-4-6-8-20-22-10(24-8)12(16,17)18/h1-6H2. The van der Waals surface area contributed by atoms with Crippen molar-refractivity contribution in [3.05, 3.63) is 23.6 Å². The first kappa shape index (κ1) is 20.3. The smallest absolute Gasteiger partial charge is 0.268 e. The lowest BCUT2D eigenvalue weighted by Gasteiger charge is -2.03. The van der Waals surface area contributed by atoms with Crippen LogP contribution in [-0.4, -0.2) is 20.4 Å². The second-order valence-corrected chi connectivity index (χ2v) is 9.47. The van der Waals surface area contributed by atoms with Gasteiger partial charge in [0.2, 0.25) is 11.8 Å². The molecule has 0 aliphatic carbocycles. The Bertz CT molecular complexity index is 592. The highest BCUT2D eigenvalue weighted by molar-refractivity contribution is 6.66. The van der Waals surface area contributed by atoms with Crippen LogP contribution in [0.4, 0.5) is 0 Å². The van der Waals surface area contributed by atoms with Gasteiger partial charge in [0.25, 0.3) is 19.4 Å². The van der Waals surface area contributed by atoms with E-state index < -0.39 is 7.59 Å². The van der Waals surface area contributed by atoms with Gasteiger partial charge in [0.15, 0.2) is 0 Å². The molecule has 0 spiro atoms. The number of aromatic nitrogens is 4. The minimum Gasteiger partial charge on any atom is -0.421 e. The predicted molar refractivity (Wildman–Crippen MR) is 92.9 cm³/mol. The third-order valence-corrected chi connectivity index (χ3v) is 3.92. The van der Waals surface area contributed by atoms with Crippen LogP contribution in [-0.2, 0) is 20.4 Å². The lowest BCUT2D eigenvalue weighted by atomic mass is 10.1. The normalized spacial score (nSPS) is 12.8. The van der Waals surface area contributed by atoms with Crippen LogP contribution in [0.2, 0.25) is 0 Å². The zero-order valence-electron chi connectivity index (χ0n) is 12.1.